The third kappa shape index (κ3) is 20.1. The quantitative estimate of drug-likeness (QED) is 0.0436. The third-order valence-electron chi connectivity index (χ3n) is 13.3. The van der Waals surface area contributed by atoms with Crippen LogP contribution in [0.1, 0.15) is 236 Å². The van der Waals surface area contributed by atoms with E-state index in [0.29, 0.717) is 0 Å². The molecule has 0 bridgehead atoms. The van der Waals surface area contributed by atoms with Crippen molar-refractivity contribution in [1.82, 2.24) is 0 Å². The molecular formula is C45H99BSi3. The minimum Gasteiger partial charge on any atom is -0.0654 e. The van der Waals surface area contributed by atoms with Crippen molar-refractivity contribution >= 4 is 29.3 Å². The molecule has 0 aliphatic carbocycles. The van der Waals surface area contributed by atoms with E-state index in [1.807, 2.05) is 0 Å². The Kier molecular flexibility index (Phi) is 33.8. The second-order valence-electron chi connectivity index (χ2n) is 17.6. The molecule has 0 saturated heterocycles. The third-order valence-corrected chi connectivity index (χ3v) is 40.2. The number of rotatable bonds is 39. The largest absolute Gasteiger partial charge is 0.127 e. The summed E-state index contributed by atoms with van der Waals surface area (Å²) in [6.07, 6.45) is 40.6. The van der Waals surface area contributed by atoms with Crippen molar-refractivity contribution in [2.24, 2.45) is 0 Å². The summed E-state index contributed by atoms with van der Waals surface area (Å²) in [5.41, 5.74) is 1.33. The van der Waals surface area contributed by atoms with E-state index in [1.165, 1.54) is 121 Å². The fraction of sp³-hybridized carbons (Fsp3) is 1.00. The normalized spacial score (nSPS) is 12.7. The first-order valence-electron chi connectivity index (χ1n) is 23.9. The Labute approximate surface area is 318 Å². The van der Waals surface area contributed by atoms with E-state index < -0.39 is 23.8 Å². The van der Waals surface area contributed by atoms with E-state index in [-0.39, 0.29) is 0 Å². The van der Waals surface area contributed by atoms with Crippen LogP contribution >= 0.6 is 0 Å². The molecule has 0 spiro atoms. The van der Waals surface area contributed by atoms with Crippen molar-refractivity contribution in [1.29, 1.82) is 0 Å². The van der Waals surface area contributed by atoms with Crippen LogP contribution in [-0.4, -0.2) is 29.3 Å². The Morgan fingerprint density at radius 2 is 0.327 bits per heavy atom. The van der Waals surface area contributed by atoms with Gasteiger partial charge < -0.3 is 0 Å². The summed E-state index contributed by atoms with van der Waals surface area (Å²) in [5.74, 6) is 0. The molecule has 4 heteroatoms. The fourth-order valence-corrected chi connectivity index (χ4v) is 47.7. The van der Waals surface area contributed by atoms with E-state index >= 15 is 0 Å². The predicted molar refractivity (Wildman–Crippen MR) is 242 cm³/mol. The molecule has 0 unspecified atom stereocenters. The van der Waals surface area contributed by atoms with Gasteiger partial charge in [-0.25, -0.2) is 0 Å². The van der Waals surface area contributed by atoms with E-state index in [2.05, 4.69) is 62.3 Å². The van der Waals surface area contributed by atoms with Crippen LogP contribution in [0.25, 0.3) is 0 Å². The highest BCUT2D eigenvalue weighted by atomic mass is 28.4. The summed E-state index contributed by atoms with van der Waals surface area (Å²) in [6, 6.07) is 15.7. The Bertz CT molecular complexity index is 512. The first-order valence-corrected chi connectivity index (χ1v) is 32.0. The minimum atomic E-state index is -1.55. The Morgan fingerprint density at radius 3 is 0.429 bits per heavy atom. The van der Waals surface area contributed by atoms with Gasteiger partial charge in [0.2, 0.25) is 0 Å². The molecule has 0 nitrogen and oxygen atoms in total. The van der Waals surface area contributed by atoms with Crippen molar-refractivity contribution in [3.63, 3.8) is 0 Å². The smallest absolute Gasteiger partial charge is 0.0654 e. The molecule has 0 aromatic carbocycles. The molecule has 0 heterocycles. The highest BCUT2D eigenvalue weighted by Gasteiger charge is 2.61. The molecule has 0 N–H and O–H groups in total. The van der Waals surface area contributed by atoms with Crippen LogP contribution in [-0.2, 0) is 0 Å². The zero-order chi connectivity index (χ0) is 36.5. The Hall–Kier alpha value is 0.716. The number of hydrogen-bond donors (Lipinski definition) is 0. The van der Waals surface area contributed by atoms with E-state index in [4.69, 9.17) is 0 Å². The molecule has 0 amide bonds. The molecular weight excluding hydrogens is 636 g/mol. The molecule has 0 aromatic rings. The molecule has 0 aliphatic heterocycles. The van der Waals surface area contributed by atoms with Crippen molar-refractivity contribution < 1.29 is 0 Å². The van der Waals surface area contributed by atoms with Crippen molar-refractivity contribution in [2.45, 2.75) is 290 Å². The molecule has 294 valence electrons. The lowest BCUT2D eigenvalue weighted by molar-refractivity contribution is 0.714. The van der Waals surface area contributed by atoms with Gasteiger partial charge in [-0.3, -0.25) is 0 Å². The molecule has 0 aliphatic rings. The van der Waals surface area contributed by atoms with Gasteiger partial charge in [0.1, 0.15) is 5.49 Å². The monoisotopic (exact) mass is 735 g/mol. The zero-order valence-electron chi connectivity index (χ0n) is 36.5. The molecule has 0 atom stereocenters. The van der Waals surface area contributed by atoms with E-state index in [1.54, 1.807) is 112 Å². The van der Waals surface area contributed by atoms with Gasteiger partial charge in [-0.1, -0.05) is 290 Å². The molecule has 49 heavy (non-hydrogen) atoms. The summed E-state index contributed by atoms with van der Waals surface area (Å²) < 4.78 is 0. The van der Waals surface area contributed by atoms with Crippen LogP contribution in [0.5, 0.6) is 0 Å². The lowest BCUT2D eigenvalue weighted by Gasteiger charge is -2.57. The lowest BCUT2D eigenvalue weighted by Crippen LogP contribution is -2.78. The average Bonchev–Trinajstić information content (AvgIpc) is 3.09. The van der Waals surface area contributed by atoms with Gasteiger partial charge >= 0.3 is 0 Å². The maximum atomic E-state index is 2.49. The maximum absolute atomic E-state index is 2.49. The van der Waals surface area contributed by atoms with Gasteiger partial charge in [0.05, 0.1) is 0 Å². The number of unbranched alkanes of at least 4 members (excludes halogenated alkanes) is 18. The van der Waals surface area contributed by atoms with Crippen molar-refractivity contribution in [3.8, 4) is 0 Å². The van der Waals surface area contributed by atoms with Gasteiger partial charge in [0.25, 0.3) is 0 Å². The summed E-state index contributed by atoms with van der Waals surface area (Å²) >= 11 is 0. The second-order valence-corrected chi connectivity index (χ2v) is 33.8. The van der Waals surface area contributed by atoms with Crippen LogP contribution in [0.2, 0.25) is 54.4 Å². The molecule has 0 saturated carbocycles. The highest BCUT2D eigenvalue weighted by molar-refractivity contribution is 7.82. The summed E-state index contributed by atoms with van der Waals surface area (Å²) in [4.78, 5) is 0. The average molecular weight is 735 g/mol. The number of hydrogen-bond acceptors (Lipinski definition) is 0. The first kappa shape index (κ1) is 49.7. The summed E-state index contributed by atoms with van der Waals surface area (Å²) in [7, 11) is -4.64. The van der Waals surface area contributed by atoms with Gasteiger partial charge in [0.15, 0.2) is 0 Å². The summed E-state index contributed by atoms with van der Waals surface area (Å²) in [5, 5.41) is 0. The SMILES string of the molecule is CCCCC[Si](CCCCC)(CCCCC)B([Si](CCCCC)(CCCCC)CCCCC)[Si](CCCCC)(CCCCC)CCCCC. The maximum Gasteiger partial charge on any atom is 0.127 e. The van der Waals surface area contributed by atoms with E-state index in [9.17, 15) is 0 Å². The molecule has 0 radical (unpaired) electrons. The topological polar surface area (TPSA) is 0 Å². The molecule has 0 rings (SSSR count). The Morgan fingerprint density at radius 1 is 0.204 bits per heavy atom. The van der Waals surface area contributed by atoms with Gasteiger partial charge in [-0.15, -0.1) is 0 Å². The fourth-order valence-electron chi connectivity index (χ4n) is 10.9. The first-order chi connectivity index (χ1) is 23.9. The molecule has 0 aromatic heterocycles. The van der Waals surface area contributed by atoms with Crippen LogP contribution in [0.15, 0.2) is 0 Å². The lowest BCUT2D eigenvalue weighted by atomic mass is 10.3. The van der Waals surface area contributed by atoms with Gasteiger partial charge in [-0.2, -0.15) is 0 Å². The summed E-state index contributed by atoms with van der Waals surface area (Å²) in [6.45, 7) is 22.4. The van der Waals surface area contributed by atoms with Crippen molar-refractivity contribution in [2.75, 3.05) is 0 Å². The molecule has 0 fully saturated rings. The minimum absolute atomic E-state index is 1.33. The van der Waals surface area contributed by atoms with Crippen LogP contribution < -0.4 is 0 Å². The van der Waals surface area contributed by atoms with E-state index in [0.717, 1.165) is 0 Å². The highest BCUT2D eigenvalue weighted by Crippen LogP contribution is 2.49. The zero-order valence-corrected chi connectivity index (χ0v) is 39.5. The van der Waals surface area contributed by atoms with Crippen LogP contribution in [0.4, 0.5) is 0 Å². The van der Waals surface area contributed by atoms with Gasteiger partial charge in [-0.05, 0) is 0 Å². The van der Waals surface area contributed by atoms with Crippen LogP contribution in [0, 0.1) is 0 Å². The standard InChI is InChI=1S/C45H99BSi3/c1-10-19-28-37-47(38-29-20-11-2,39-30-21-12-3)46(48(40-31-22-13-4,41-32-23-14-5)42-33-24-15-6)49(43-34-25-16-7,44-35-26-17-8)45-36-27-18-9/h10-45H2,1-9H3. The predicted octanol–water partition coefficient (Wildman–Crippen LogP) is 17.8. The second kappa shape index (κ2) is 33.3. The van der Waals surface area contributed by atoms with Crippen molar-refractivity contribution in [3.05, 3.63) is 0 Å². The van der Waals surface area contributed by atoms with Crippen LogP contribution in [0.3, 0.4) is 0 Å². The van der Waals surface area contributed by atoms with Gasteiger partial charge in [0, 0.05) is 23.8 Å². The Balaban J connectivity index is 8.19.